The number of methoxy groups -OCH3 is 1. The third-order valence-electron chi connectivity index (χ3n) is 8.47. The number of ether oxygens (including phenoxy) is 2. The number of aliphatic hydroxyl groups is 1. The van der Waals surface area contributed by atoms with Gasteiger partial charge in [-0.1, -0.05) is 19.1 Å². The van der Waals surface area contributed by atoms with Crippen LogP contribution in [0.4, 0.5) is 15.5 Å². The van der Waals surface area contributed by atoms with Crippen molar-refractivity contribution in [3.8, 4) is 5.75 Å². The highest BCUT2D eigenvalue weighted by molar-refractivity contribution is 6.72. The molecule has 0 radical (unpaired) electrons. The van der Waals surface area contributed by atoms with Crippen LogP contribution in [0.1, 0.15) is 43.7 Å². The zero-order valence-electron chi connectivity index (χ0n) is 22.6. The monoisotopic (exact) mass is 540 g/mol. The van der Waals surface area contributed by atoms with Gasteiger partial charge in [0.25, 0.3) is 5.91 Å². The Morgan fingerprint density at radius 3 is 2.66 bits per heavy atom. The quantitative estimate of drug-likeness (QED) is 0.399. The molecule has 5 rings (SSSR count). The Balaban J connectivity index is 1.55. The van der Waals surface area contributed by atoms with Crippen molar-refractivity contribution in [2.45, 2.75) is 69.5 Å². The molecule has 0 aliphatic carbocycles. The van der Waals surface area contributed by atoms with E-state index in [0.717, 1.165) is 24.1 Å². The number of amides is 2. The van der Waals surface area contributed by atoms with Crippen LogP contribution in [0.3, 0.4) is 0 Å². The standard InChI is InChI=1S/C29H37FN2O5Si/c1-19-27(38(3,4)30)25(13-15-33)37-29(19)23-17-22(36-2)11-12-24(23)32(28(29)35)18-20-8-7-9-21(16-20)31-14-6-5-10-26(31)34/h7-9,11-12,16-17,19,25,27,33H,5-6,10,13-15,18H2,1-4H3/t19-,25+,27-,29+/m0/s1. The first kappa shape index (κ1) is 26.8. The molecule has 4 atom stereocenters. The van der Waals surface area contributed by atoms with Crippen LogP contribution >= 0.6 is 0 Å². The van der Waals surface area contributed by atoms with Crippen molar-refractivity contribution in [1.82, 2.24) is 0 Å². The Hall–Kier alpha value is -2.75. The van der Waals surface area contributed by atoms with Gasteiger partial charge in [0, 0.05) is 42.3 Å². The largest absolute Gasteiger partial charge is 0.497 e. The van der Waals surface area contributed by atoms with Crippen molar-refractivity contribution >= 4 is 31.6 Å². The molecule has 3 aliphatic heterocycles. The second kappa shape index (κ2) is 10.1. The average molecular weight is 541 g/mol. The second-order valence-electron chi connectivity index (χ2n) is 11.2. The topological polar surface area (TPSA) is 79.3 Å². The fraction of sp³-hybridized carbons (Fsp3) is 0.517. The maximum absolute atomic E-state index is 15.7. The van der Waals surface area contributed by atoms with Gasteiger partial charge in [-0.2, -0.15) is 0 Å². The van der Waals surface area contributed by atoms with Crippen LogP contribution in [0, 0.1) is 5.92 Å². The molecule has 0 bridgehead atoms. The van der Waals surface area contributed by atoms with Gasteiger partial charge < -0.3 is 28.5 Å². The van der Waals surface area contributed by atoms with Crippen LogP contribution < -0.4 is 14.5 Å². The van der Waals surface area contributed by atoms with Crippen LogP contribution in [0.25, 0.3) is 0 Å². The van der Waals surface area contributed by atoms with E-state index in [-0.39, 0.29) is 31.4 Å². The molecule has 204 valence electrons. The highest BCUT2D eigenvalue weighted by atomic mass is 28.4. The van der Waals surface area contributed by atoms with Gasteiger partial charge in [-0.3, -0.25) is 9.59 Å². The summed E-state index contributed by atoms with van der Waals surface area (Å²) in [4.78, 5) is 30.4. The van der Waals surface area contributed by atoms with Crippen molar-refractivity contribution in [3.05, 3.63) is 53.6 Å². The number of hydrogen-bond donors (Lipinski definition) is 1. The van der Waals surface area contributed by atoms with E-state index in [1.54, 1.807) is 25.1 Å². The summed E-state index contributed by atoms with van der Waals surface area (Å²) >= 11 is 0. The van der Waals surface area contributed by atoms with Crippen molar-refractivity contribution < 1.29 is 28.3 Å². The van der Waals surface area contributed by atoms with Crippen molar-refractivity contribution in [1.29, 1.82) is 0 Å². The summed E-state index contributed by atoms with van der Waals surface area (Å²) in [6.07, 6.45) is 2.15. The molecule has 2 aromatic rings. The fourth-order valence-electron chi connectivity index (χ4n) is 6.79. The molecule has 38 heavy (non-hydrogen) atoms. The normalized spacial score (nSPS) is 27.4. The summed E-state index contributed by atoms with van der Waals surface area (Å²) in [5.74, 6) is 0.0649. The lowest BCUT2D eigenvalue weighted by Crippen LogP contribution is -2.45. The van der Waals surface area contributed by atoms with Crippen LogP contribution in [-0.4, -0.2) is 51.7 Å². The molecule has 0 unspecified atom stereocenters. The number of benzene rings is 2. The Morgan fingerprint density at radius 1 is 1.18 bits per heavy atom. The number of rotatable bonds is 7. The maximum atomic E-state index is 15.7. The number of anilines is 2. The Labute approximate surface area is 224 Å². The highest BCUT2D eigenvalue weighted by Crippen LogP contribution is 2.60. The second-order valence-corrected chi connectivity index (χ2v) is 15.0. The molecule has 7 nitrogen and oxygen atoms in total. The third kappa shape index (κ3) is 4.34. The highest BCUT2D eigenvalue weighted by Gasteiger charge is 2.66. The zero-order chi connectivity index (χ0) is 27.2. The van der Waals surface area contributed by atoms with Crippen molar-refractivity contribution in [2.24, 2.45) is 5.92 Å². The molecule has 2 saturated heterocycles. The molecule has 2 aromatic carbocycles. The molecule has 2 amide bonds. The van der Waals surface area contributed by atoms with E-state index in [0.29, 0.717) is 30.0 Å². The van der Waals surface area contributed by atoms with E-state index >= 15 is 4.11 Å². The van der Waals surface area contributed by atoms with E-state index in [9.17, 15) is 14.7 Å². The Morgan fingerprint density at radius 2 is 1.97 bits per heavy atom. The van der Waals surface area contributed by atoms with Gasteiger partial charge in [0.2, 0.25) is 14.3 Å². The number of halogens is 1. The molecule has 3 aliphatic rings. The van der Waals surface area contributed by atoms with Crippen LogP contribution in [0.15, 0.2) is 42.5 Å². The molecule has 9 heteroatoms. The molecular formula is C29H37FN2O5Si. The summed E-state index contributed by atoms with van der Waals surface area (Å²) in [7, 11) is -1.69. The summed E-state index contributed by atoms with van der Waals surface area (Å²) in [6, 6.07) is 13.3. The molecule has 0 aromatic heterocycles. The van der Waals surface area contributed by atoms with E-state index < -0.39 is 31.6 Å². The molecule has 3 heterocycles. The predicted molar refractivity (Wildman–Crippen MR) is 147 cm³/mol. The molecule has 2 fully saturated rings. The number of piperidine rings is 1. The van der Waals surface area contributed by atoms with E-state index in [1.165, 1.54) is 0 Å². The van der Waals surface area contributed by atoms with Gasteiger partial charge >= 0.3 is 0 Å². The van der Waals surface area contributed by atoms with Gasteiger partial charge in [0.1, 0.15) is 5.75 Å². The van der Waals surface area contributed by atoms with Crippen molar-refractivity contribution in [3.63, 3.8) is 0 Å². The number of carbonyl (C=O) groups is 2. The molecule has 1 N–H and O–H groups in total. The van der Waals surface area contributed by atoms with Gasteiger partial charge in [-0.15, -0.1) is 0 Å². The van der Waals surface area contributed by atoms with E-state index in [2.05, 4.69) is 0 Å². The van der Waals surface area contributed by atoms with E-state index in [1.807, 2.05) is 54.3 Å². The SMILES string of the molecule is COc1ccc2c(c1)[C@@]1(O[C@H](CCO)[C@@H]([Si](C)(C)F)[C@@H]1C)C(=O)N2Cc1cccc(N2CCCCC2=O)c1. The minimum absolute atomic E-state index is 0.120. The fourth-order valence-corrected chi connectivity index (χ4v) is 9.33. The number of fused-ring (bicyclic) bond motifs is 2. The number of aliphatic hydroxyl groups excluding tert-OH is 1. The minimum atomic E-state index is -3.26. The smallest absolute Gasteiger partial charge is 0.264 e. The summed E-state index contributed by atoms with van der Waals surface area (Å²) in [6.45, 7) is 6.05. The minimum Gasteiger partial charge on any atom is -0.497 e. The van der Waals surface area contributed by atoms with E-state index in [4.69, 9.17) is 9.47 Å². The lowest BCUT2D eigenvalue weighted by Gasteiger charge is -2.31. The van der Waals surface area contributed by atoms with Crippen molar-refractivity contribution in [2.75, 3.05) is 30.1 Å². The van der Waals surface area contributed by atoms with Crippen LogP contribution in [0.5, 0.6) is 5.75 Å². The molecule has 1 spiro atoms. The summed E-state index contributed by atoms with van der Waals surface area (Å²) in [5, 5.41) is 9.74. The Kier molecular flexibility index (Phi) is 7.13. The zero-order valence-corrected chi connectivity index (χ0v) is 23.6. The van der Waals surface area contributed by atoms with Crippen LogP contribution in [-0.2, 0) is 26.5 Å². The van der Waals surface area contributed by atoms with Gasteiger partial charge in [-0.25, -0.2) is 0 Å². The first-order valence-electron chi connectivity index (χ1n) is 13.5. The summed E-state index contributed by atoms with van der Waals surface area (Å²) in [5.41, 5.74) is 1.31. The average Bonchev–Trinajstić information content (AvgIpc) is 3.31. The lowest BCUT2D eigenvalue weighted by atomic mass is 9.82. The Bertz CT molecular complexity index is 1230. The first-order chi connectivity index (χ1) is 18.1. The molecule has 0 saturated carbocycles. The first-order valence-corrected chi connectivity index (χ1v) is 16.4. The lowest BCUT2D eigenvalue weighted by molar-refractivity contribution is -0.146. The number of nitrogens with zero attached hydrogens (tertiary/aromatic N) is 2. The van der Waals surface area contributed by atoms with Gasteiger partial charge in [0.05, 0.1) is 25.4 Å². The molecular weight excluding hydrogens is 503 g/mol. The maximum Gasteiger partial charge on any atom is 0.264 e. The predicted octanol–water partition coefficient (Wildman–Crippen LogP) is 4.92. The summed E-state index contributed by atoms with van der Waals surface area (Å²) < 4.78 is 27.8. The number of hydrogen-bond acceptors (Lipinski definition) is 5. The van der Waals surface area contributed by atoms with Crippen LogP contribution in [0.2, 0.25) is 18.6 Å². The van der Waals surface area contributed by atoms with Gasteiger partial charge in [0.15, 0.2) is 5.60 Å². The van der Waals surface area contributed by atoms with Gasteiger partial charge in [-0.05, 0) is 68.3 Å². The number of carbonyl (C=O) groups excluding carboxylic acids is 2. The third-order valence-corrected chi connectivity index (χ3v) is 10.9.